The molecule has 3 heteroatoms. The number of hydrogen-bond acceptors (Lipinski definition) is 3. The summed E-state index contributed by atoms with van der Waals surface area (Å²) in [5.74, 6) is 0. The fraction of sp³-hybridized carbons (Fsp3) is 0.500. The van der Waals surface area contributed by atoms with Crippen molar-refractivity contribution in [2.75, 3.05) is 13.2 Å². The minimum atomic E-state index is -2.30. The highest BCUT2D eigenvalue weighted by atomic mass is 16.6. The van der Waals surface area contributed by atoms with E-state index in [-0.39, 0.29) is 6.61 Å². The molecule has 0 unspecified atom stereocenters. The van der Waals surface area contributed by atoms with Crippen LogP contribution in [0.4, 0.5) is 0 Å². The van der Waals surface area contributed by atoms with Crippen molar-refractivity contribution in [2.45, 2.75) is 25.2 Å². The van der Waals surface area contributed by atoms with Crippen molar-refractivity contribution in [1.29, 1.82) is 0 Å². The second-order valence-electron chi connectivity index (χ2n) is 3.92. The van der Waals surface area contributed by atoms with Crippen LogP contribution in [0.5, 0.6) is 0 Å². The largest absolute Gasteiger partial charge is 0.394 e. The SMILES string of the molecule is [2H]C([2H])(O)[C@H]1O[C@@]1(C)COCc1ccccc1. The smallest absolute Gasteiger partial charge is 0.118 e. The number of rotatable bonds is 5. The van der Waals surface area contributed by atoms with Crippen LogP contribution < -0.4 is 0 Å². The van der Waals surface area contributed by atoms with Gasteiger partial charge in [0.25, 0.3) is 0 Å². The second-order valence-corrected chi connectivity index (χ2v) is 3.92. The van der Waals surface area contributed by atoms with Gasteiger partial charge >= 0.3 is 0 Å². The zero-order valence-corrected chi connectivity index (χ0v) is 8.64. The molecule has 1 aromatic carbocycles. The highest BCUT2D eigenvalue weighted by Crippen LogP contribution is 2.35. The molecule has 2 atom stereocenters. The van der Waals surface area contributed by atoms with Gasteiger partial charge in [-0.15, -0.1) is 0 Å². The summed E-state index contributed by atoms with van der Waals surface area (Å²) in [5, 5.41) is 9.16. The molecule has 82 valence electrons. The Bertz CT molecular complexity index is 377. The predicted molar refractivity (Wildman–Crippen MR) is 56.5 cm³/mol. The summed E-state index contributed by atoms with van der Waals surface area (Å²) in [7, 11) is 0. The Labute approximate surface area is 92.4 Å². The maximum atomic E-state index is 9.16. The van der Waals surface area contributed by atoms with Gasteiger partial charge in [0.2, 0.25) is 0 Å². The van der Waals surface area contributed by atoms with E-state index in [0.717, 1.165) is 5.56 Å². The van der Waals surface area contributed by atoms with E-state index < -0.39 is 18.3 Å². The van der Waals surface area contributed by atoms with Crippen LogP contribution in [0.1, 0.15) is 15.2 Å². The highest BCUT2D eigenvalue weighted by Gasteiger charge is 2.51. The van der Waals surface area contributed by atoms with Crippen LogP contribution in [0.15, 0.2) is 30.3 Å². The molecule has 1 N–H and O–H groups in total. The van der Waals surface area contributed by atoms with Crippen LogP contribution in [-0.4, -0.2) is 30.0 Å². The lowest BCUT2D eigenvalue weighted by Gasteiger charge is -2.07. The van der Waals surface area contributed by atoms with E-state index in [2.05, 4.69) is 0 Å². The van der Waals surface area contributed by atoms with E-state index in [0.29, 0.717) is 6.61 Å². The van der Waals surface area contributed by atoms with Crippen molar-refractivity contribution in [3.8, 4) is 0 Å². The van der Waals surface area contributed by atoms with E-state index in [1.54, 1.807) is 6.92 Å². The van der Waals surface area contributed by atoms with E-state index in [1.165, 1.54) is 0 Å². The first-order valence-corrected chi connectivity index (χ1v) is 4.94. The molecule has 0 bridgehead atoms. The van der Waals surface area contributed by atoms with Gasteiger partial charge < -0.3 is 14.6 Å². The van der Waals surface area contributed by atoms with Crippen molar-refractivity contribution in [3.63, 3.8) is 0 Å². The molecule has 15 heavy (non-hydrogen) atoms. The Morgan fingerprint density at radius 2 is 2.27 bits per heavy atom. The molecule has 0 spiro atoms. The topological polar surface area (TPSA) is 42.0 Å². The fourth-order valence-electron chi connectivity index (χ4n) is 1.45. The molecule has 3 nitrogen and oxygen atoms in total. The fourth-order valence-corrected chi connectivity index (χ4v) is 1.45. The van der Waals surface area contributed by atoms with Crippen molar-refractivity contribution in [3.05, 3.63) is 35.9 Å². The van der Waals surface area contributed by atoms with Gasteiger partial charge in [-0.25, -0.2) is 0 Å². The summed E-state index contributed by atoms with van der Waals surface area (Å²) in [6.07, 6.45) is -0.800. The number of epoxide rings is 1. The molecular weight excluding hydrogens is 192 g/mol. The van der Waals surface area contributed by atoms with Crippen molar-refractivity contribution >= 4 is 0 Å². The predicted octanol–water partition coefficient (Wildman–Crippen LogP) is 1.35. The summed E-state index contributed by atoms with van der Waals surface area (Å²) in [6, 6.07) is 9.72. The lowest BCUT2D eigenvalue weighted by molar-refractivity contribution is 0.0742. The molecule has 1 aromatic rings. The first-order chi connectivity index (χ1) is 7.92. The quantitative estimate of drug-likeness (QED) is 0.746. The molecule has 0 aromatic heterocycles. The molecule has 1 saturated heterocycles. The monoisotopic (exact) mass is 210 g/mol. The van der Waals surface area contributed by atoms with Gasteiger partial charge in [0.15, 0.2) is 0 Å². The van der Waals surface area contributed by atoms with Gasteiger partial charge in [-0.05, 0) is 12.5 Å². The Balaban J connectivity index is 1.77. The Morgan fingerprint density at radius 3 is 2.87 bits per heavy atom. The van der Waals surface area contributed by atoms with Gasteiger partial charge in [-0.3, -0.25) is 0 Å². The molecular formula is C12H16O3. The van der Waals surface area contributed by atoms with Gasteiger partial charge in [0, 0.05) is 0 Å². The van der Waals surface area contributed by atoms with Crippen molar-refractivity contribution in [1.82, 2.24) is 0 Å². The van der Waals surface area contributed by atoms with E-state index in [1.807, 2.05) is 30.3 Å². The first-order valence-electron chi connectivity index (χ1n) is 5.94. The number of ether oxygens (including phenoxy) is 2. The third-order valence-electron chi connectivity index (χ3n) is 2.50. The normalized spacial score (nSPS) is 32.0. The standard InChI is InChI=1S/C12H16O3/c1-12(11(7-13)15-12)9-14-8-10-5-3-2-4-6-10/h2-6,11,13H,7-9H2,1H3/t11-,12+/m1/s1/i7D2. The van der Waals surface area contributed by atoms with E-state index in [9.17, 15) is 0 Å². The Morgan fingerprint density at radius 1 is 1.53 bits per heavy atom. The zero-order chi connectivity index (χ0) is 12.5. The molecule has 1 aliphatic heterocycles. The summed E-state index contributed by atoms with van der Waals surface area (Å²) >= 11 is 0. The van der Waals surface area contributed by atoms with Crippen LogP contribution >= 0.6 is 0 Å². The van der Waals surface area contributed by atoms with Gasteiger partial charge in [-0.2, -0.15) is 0 Å². The molecule has 2 rings (SSSR count). The number of aliphatic hydroxyl groups is 1. The maximum absolute atomic E-state index is 9.16. The zero-order valence-electron chi connectivity index (χ0n) is 10.6. The average molecular weight is 210 g/mol. The maximum Gasteiger partial charge on any atom is 0.118 e. The summed E-state index contributed by atoms with van der Waals surface area (Å²) in [6.45, 7) is 0.162. The number of hydrogen-bond donors (Lipinski definition) is 1. The minimum Gasteiger partial charge on any atom is -0.394 e. The Kier molecular flexibility index (Phi) is 2.38. The molecule has 0 saturated carbocycles. The second kappa shape index (κ2) is 4.31. The van der Waals surface area contributed by atoms with Crippen LogP contribution in [0.3, 0.4) is 0 Å². The lowest BCUT2D eigenvalue weighted by Crippen LogP contribution is -2.20. The summed E-state index contributed by atoms with van der Waals surface area (Å²) < 4.78 is 24.9. The molecule has 0 amide bonds. The van der Waals surface area contributed by atoms with E-state index in [4.69, 9.17) is 17.3 Å². The van der Waals surface area contributed by atoms with E-state index >= 15 is 0 Å². The Hall–Kier alpha value is -0.900. The third-order valence-corrected chi connectivity index (χ3v) is 2.50. The van der Waals surface area contributed by atoms with Crippen molar-refractivity contribution in [2.24, 2.45) is 0 Å². The summed E-state index contributed by atoms with van der Waals surface area (Å²) in [5.41, 5.74) is 0.341. The molecule has 0 aliphatic carbocycles. The molecule has 1 heterocycles. The van der Waals surface area contributed by atoms with Gasteiger partial charge in [0.05, 0.1) is 22.5 Å². The van der Waals surface area contributed by atoms with Crippen LogP contribution in [-0.2, 0) is 16.1 Å². The van der Waals surface area contributed by atoms with Crippen LogP contribution in [0.2, 0.25) is 0 Å². The summed E-state index contributed by atoms with van der Waals surface area (Å²) in [4.78, 5) is 0. The lowest BCUT2D eigenvalue weighted by atomic mass is 10.1. The first kappa shape index (κ1) is 8.28. The van der Waals surface area contributed by atoms with Crippen LogP contribution in [0.25, 0.3) is 0 Å². The minimum absolute atomic E-state index is 0.270. The molecule has 1 fully saturated rings. The molecule has 1 aliphatic rings. The average Bonchev–Trinajstić information content (AvgIpc) is 2.92. The van der Waals surface area contributed by atoms with Gasteiger partial charge in [0.1, 0.15) is 11.7 Å². The van der Waals surface area contributed by atoms with Crippen LogP contribution in [0, 0.1) is 0 Å². The number of benzene rings is 1. The van der Waals surface area contributed by atoms with Crippen molar-refractivity contribution < 1.29 is 17.3 Å². The highest BCUT2D eigenvalue weighted by molar-refractivity contribution is 5.13. The van der Waals surface area contributed by atoms with Gasteiger partial charge in [-0.1, -0.05) is 30.3 Å². The molecule has 0 radical (unpaired) electrons. The third kappa shape index (κ3) is 2.56.